The van der Waals surface area contributed by atoms with E-state index in [-0.39, 0.29) is 11.3 Å². The van der Waals surface area contributed by atoms with Crippen molar-refractivity contribution < 1.29 is 27.9 Å². The minimum absolute atomic E-state index is 0.0543. The summed E-state index contributed by atoms with van der Waals surface area (Å²) in [7, 11) is -2.85. The van der Waals surface area contributed by atoms with Crippen LogP contribution in [0.15, 0.2) is 18.2 Å². The van der Waals surface area contributed by atoms with Crippen LogP contribution in [0.1, 0.15) is 15.9 Å². The summed E-state index contributed by atoms with van der Waals surface area (Å²) in [5, 5.41) is 8.83. The molecule has 104 valence electrons. The molecular weight excluding hydrogens is 274 g/mol. The van der Waals surface area contributed by atoms with Gasteiger partial charge < -0.3 is 9.84 Å². The van der Waals surface area contributed by atoms with Gasteiger partial charge in [-0.3, -0.25) is 9.52 Å². The van der Waals surface area contributed by atoms with Gasteiger partial charge in [-0.05, 0) is 24.6 Å². The van der Waals surface area contributed by atoms with Crippen molar-refractivity contribution in [2.45, 2.75) is 6.92 Å². The van der Waals surface area contributed by atoms with Crippen molar-refractivity contribution in [3.63, 3.8) is 0 Å². The van der Waals surface area contributed by atoms with Crippen molar-refractivity contribution in [1.82, 2.24) is 0 Å². The third kappa shape index (κ3) is 4.25. The number of carbonyl (C=O) groups is 2. The fraction of sp³-hybridized carbons (Fsp3) is 0.273. The Balaban J connectivity index is 3.02. The molecule has 0 aromatic heterocycles. The minimum atomic E-state index is -3.93. The molecule has 0 aliphatic heterocycles. The summed E-state index contributed by atoms with van der Waals surface area (Å²) in [5.41, 5.74) is 0.601. The van der Waals surface area contributed by atoms with Crippen LogP contribution in [-0.4, -0.2) is 38.3 Å². The van der Waals surface area contributed by atoms with Gasteiger partial charge in [-0.1, -0.05) is 6.07 Å². The second-order valence-corrected chi connectivity index (χ2v) is 5.49. The first-order valence-electron chi connectivity index (χ1n) is 5.16. The third-order valence-electron chi connectivity index (χ3n) is 2.29. The molecule has 0 spiro atoms. The molecule has 0 saturated heterocycles. The normalized spacial score (nSPS) is 10.8. The summed E-state index contributed by atoms with van der Waals surface area (Å²) >= 11 is 0. The van der Waals surface area contributed by atoms with Gasteiger partial charge in [-0.2, -0.15) is 0 Å². The van der Waals surface area contributed by atoms with E-state index in [4.69, 9.17) is 5.11 Å². The average Bonchev–Trinajstić information content (AvgIpc) is 2.30. The van der Waals surface area contributed by atoms with E-state index in [1.54, 1.807) is 6.92 Å². The maximum atomic E-state index is 11.6. The van der Waals surface area contributed by atoms with E-state index < -0.39 is 27.7 Å². The zero-order chi connectivity index (χ0) is 14.6. The molecule has 0 amide bonds. The van der Waals surface area contributed by atoms with Crippen LogP contribution in [0, 0.1) is 6.92 Å². The van der Waals surface area contributed by atoms with Crippen molar-refractivity contribution in [3.05, 3.63) is 29.3 Å². The second-order valence-electron chi connectivity index (χ2n) is 3.77. The molecule has 0 aliphatic rings. The van der Waals surface area contributed by atoms with E-state index in [0.717, 1.165) is 7.11 Å². The number of rotatable bonds is 5. The lowest BCUT2D eigenvalue weighted by atomic mass is 10.1. The molecule has 0 aliphatic carbocycles. The zero-order valence-corrected chi connectivity index (χ0v) is 11.2. The lowest BCUT2D eigenvalue weighted by Crippen LogP contribution is -2.24. The molecule has 8 heteroatoms. The molecular formula is C11H13NO6S. The highest BCUT2D eigenvalue weighted by atomic mass is 32.2. The molecule has 0 fully saturated rings. The Morgan fingerprint density at radius 1 is 1.37 bits per heavy atom. The zero-order valence-electron chi connectivity index (χ0n) is 10.3. The van der Waals surface area contributed by atoms with E-state index in [2.05, 4.69) is 9.46 Å². The van der Waals surface area contributed by atoms with E-state index >= 15 is 0 Å². The summed E-state index contributed by atoms with van der Waals surface area (Å²) in [6.45, 7) is 1.61. The number of carboxylic acid groups (broad SMARTS) is 1. The molecule has 7 nitrogen and oxygen atoms in total. The highest BCUT2D eigenvalue weighted by Gasteiger charge is 2.18. The number of carboxylic acids is 1. The number of hydrogen-bond acceptors (Lipinski definition) is 5. The smallest absolute Gasteiger partial charge is 0.335 e. The summed E-state index contributed by atoms with van der Waals surface area (Å²) in [6.07, 6.45) is 0. The Hall–Kier alpha value is -2.09. The number of nitrogens with one attached hydrogen (secondary N) is 1. The van der Waals surface area contributed by atoms with Gasteiger partial charge in [0.1, 0.15) is 0 Å². The van der Waals surface area contributed by atoms with Crippen LogP contribution >= 0.6 is 0 Å². The number of carbonyl (C=O) groups excluding carboxylic acids is 1. The molecule has 0 unspecified atom stereocenters. The largest absolute Gasteiger partial charge is 0.478 e. The lowest BCUT2D eigenvalue weighted by molar-refractivity contribution is -0.137. The summed E-state index contributed by atoms with van der Waals surface area (Å²) < 4.78 is 29.7. The maximum Gasteiger partial charge on any atom is 0.335 e. The predicted octanol–water partition coefficient (Wildman–Crippen LogP) is 0.608. The molecule has 0 atom stereocenters. The standard InChI is InChI=1S/C11H13NO6S/c1-7-3-4-8(11(14)15)5-9(7)12-19(16,17)6-10(13)18-2/h3-5,12H,6H2,1-2H3,(H,14,15). The highest BCUT2D eigenvalue weighted by Crippen LogP contribution is 2.18. The molecule has 2 N–H and O–H groups in total. The first-order chi connectivity index (χ1) is 8.75. The third-order valence-corrected chi connectivity index (χ3v) is 3.43. The monoisotopic (exact) mass is 287 g/mol. The Morgan fingerprint density at radius 3 is 2.53 bits per heavy atom. The summed E-state index contributed by atoms with van der Waals surface area (Å²) in [4.78, 5) is 21.7. The number of anilines is 1. The van der Waals surface area contributed by atoms with Crippen molar-refractivity contribution in [1.29, 1.82) is 0 Å². The summed E-state index contributed by atoms with van der Waals surface area (Å²) in [5.74, 6) is -2.91. The van der Waals surface area contributed by atoms with Crippen molar-refractivity contribution in [2.24, 2.45) is 0 Å². The van der Waals surface area contributed by atoms with Crippen LogP contribution in [0.5, 0.6) is 0 Å². The number of sulfonamides is 1. The van der Waals surface area contributed by atoms with Gasteiger partial charge in [-0.15, -0.1) is 0 Å². The van der Waals surface area contributed by atoms with Crippen molar-refractivity contribution in [3.8, 4) is 0 Å². The molecule has 0 saturated carbocycles. The first-order valence-corrected chi connectivity index (χ1v) is 6.81. The Morgan fingerprint density at radius 2 is 2.00 bits per heavy atom. The number of benzene rings is 1. The molecule has 19 heavy (non-hydrogen) atoms. The van der Waals surface area contributed by atoms with Crippen molar-refractivity contribution in [2.75, 3.05) is 17.6 Å². The molecule has 0 heterocycles. The van der Waals surface area contributed by atoms with Gasteiger partial charge in [0.15, 0.2) is 5.75 Å². The van der Waals surface area contributed by atoms with Gasteiger partial charge in [0.05, 0.1) is 18.4 Å². The van der Waals surface area contributed by atoms with E-state index in [1.165, 1.54) is 18.2 Å². The minimum Gasteiger partial charge on any atom is -0.478 e. The highest BCUT2D eigenvalue weighted by molar-refractivity contribution is 7.93. The van der Waals surface area contributed by atoms with Gasteiger partial charge in [0.2, 0.25) is 10.0 Å². The van der Waals surface area contributed by atoms with Gasteiger partial charge >= 0.3 is 11.9 Å². The lowest BCUT2D eigenvalue weighted by Gasteiger charge is -2.10. The number of hydrogen-bond donors (Lipinski definition) is 2. The van der Waals surface area contributed by atoms with Crippen LogP contribution in [0.2, 0.25) is 0 Å². The Bertz CT molecular complexity index is 608. The Kier molecular flexibility index (Phi) is 4.49. The van der Waals surface area contributed by atoms with E-state index in [9.17, 15) is 18.0 Å². The van der Waals surface area contributed by atoms with Gasteiger partial charge in [0, 0.05) is 0 Å². The van der Waals surface area contributed by atoms with Crippen LogP contribution in [0.4, 0.5) is 5.69 Å². The topological polar surface area (TPSA) is 110 Å². The van der Waals surface area contributed by atoms with Crippen LogP contribution in [-0.2, 0) is 19.6 Å². The van der Waals surface area contributed by atoms with Gasteiger partial charge in [0.25, 0.3) is 0 Å². The van der Waals surface area contributed by atoms with E-state index in [1.807, 2.05) is 0 Å². The predicted molar refractivity (Wildman–Crippen MR) is 67.6 cm³/mol. The number of aryl methyl sites for hydroxylation is 1. The Labute approximate surface area is 110 Å². The molecule has 1 rings (SSSR count). The summed E-state index contributed by atoms with van der Waals surface area (Å²) in [6, 6.07) is 4.02. The fourth-order valence-electron chi connectivity index (χ4n) is 1.28. The number of ether oxygens (including phenoxy) is 1. The van der Waals surface area contributed by atoms with Gasteiger partial charge in [-0.25, -0.2) is 13.2 Å². The molecule has 1 aromatic rings. The van der Waals surface area contributed by atoms with Crippen LogP contribution in [0.3, 0.4) is 0 Å². The first kappa shape index (κ1) is 15.0. The van der Waals surface area contributed by atoms with Crippen molar-refractivity contribution >= 4 is 27.6 Å². The SMILES string of the molecule is COC(=O)CS(=O)(=O)Nc1cc(C(=O)O)ccc1C. The van der Waals surface area contributed by atoms with Crippen LogP contribution < -0.4 is 4.72 Å². The molecule has 0 radical (unpaired) electrons. The average molecular weight is 287 g/mol. The second kappa shape index (κ2) is 5.70. The quantitative estimate of drug-likeness (QED) is 0.768. The number of aromatic carboxylic acids is 1. The fourth-order valence-corrected chi connectivity index (χ4v) is 2.34. The van der Waals surface area contributed by atoms with Crippen LogP contribution in [0.25, 0.3) is 0 Å². The number of methoxy groups -OCH3 is 1. The molecule has 0 bridgehead atoms. The number of esters is 1. The molecule has 1 aromatic carbocycles. The van der Waals surface area contributed by atoms with E-state index in [0.29, 0.717) is 5.56 Å². The maximum absolute atomic E-state index is 11.6.